The lowest BCUT2D eigenvalue weighted by atomic mass is 15.8. The largest absolute Gasteiger partial charge is 0.329 e. The van der Waals surface area contributed by atoms with Crippen molar-refractivity contribution in [1.82, 2.24) is 0 Å². The third-order valence-corrected chi connectivity index (χ3v) is 120. The molecule has 0 atom stereocenters. The molecule has 1 aliphatic rings. The topological polar surface area (TPSA) is 57.5 Å². The first-order chi connectivity index (χ1) is 4.11. The highest BCUT2D eigenvalue weighted by Gasteiger charge is 2.33. The molecule has 0 aromatic rings. The molecule has 0 aliphatic carbocycles. The summed E-state index contributed by atoms with van der Waals surface area (Å²) in [5.74, 6) is 0. The summed E-state index contributed by atoms with van der Waals surface area (Å²) in [5, 5.41) is 0. The molecular weight excluding hydrogens is 219 g/mol. The Balaban J connectivity index is 2.52. The van der Waals surface area contributed by atoms with Crippen LogP contribution in [0.4, 0.5) is 0 Å². The predicted molar refractivity (Wildman–Crippen MR) is 53.4 cm³/mol. The highest BCUT2D eigenvalue weighted by molar-refractivity contribution is 8.13. The van der Waals surface area contributed by atoms with Gasteiger partial charge in [0, 0.05) is 17.1 Å². The highest BCUT2D eigenvalue weighted by atomic mass is 31.5. The Bertz CT molecular complexity index is 133. The summed E-state index contributed by atoms with van der Waals surface area (Å²) in [4.78, 5) is 17.6. The molecule has 9 heavy (non-hydrogen) atoms. The van der Waals surface area contributed by atoms with Gasteiger partial charge in [-0.25, -0.2) is 0 Å². The molecule has 0 aromatic heterocycles. The minimum Gasteiger partial charge on any atom is -0.329 e. The molecule has 3 nitrogen and oxygen atoms in total. The zero-order valence-electron chi connectivity index (χ0n) is 5.16. The lowest BCUT2D eigenvalue weighted by Crippen LogP contribution is -2.24. The van der Waals surface area contributed by atoms with Crippen molar-refractivity contribution in [1.29, 1.82) is 0 Å². The minimum atomic E-state index is -3.38. The van der Waals surface area contributed by atoms with Gasteiger partial charge in [0.2, 0.25) is 0 Å². The van der Waals surface area contributed by atoms with Gasteiger partial charge in [0.25, 0.3) is 7.14 Å². The van der Waals surface area contributed by atoms with Gasteiger partial charge < -0.3 is 9.79 Å². The van der Waals surface area contributed by atoms with Crippen molar-refractivity contribution in [3.05, 3.63) is 0 Å². The zero-order valence-corrected chi connectivity index (χ0v) is 12.9. The molecule has 0 spiro atoms. The van der Waals surface area contributed by atoms with E-state index in [2.05, 4.69) is 0 Å². The van der Waals surface area contributed by atoms with E-state index in [0.29, 0.717) is 17.1 Å². The maximum Gasteiger partial charge on any atom is 0.281 e. The van der Waals surface area contributed by atoms with Gasteiger partial charge in [0.15, 0.2) is 0 Å². The molecule has 1 saturated heterocycles. The Morgan fingerprint density at radius 1 is 1.22 bits per heavy atom. The number of hydrogen-bond acceptors (Lipinski definition) is 1. The quantitative estimate of drug-likeness (QED) is 0.352. The van der Waals surface area contributed by atoms with E-state index in [0.717, 1.165) is 0 Å². The Hall–Kier alpha value is 1.23. The fourth-order valence-electron chi connectivity index (χ4n) is 1.24. The number of hydrogen-bond donors (Lipinski definition) is 2. The van der Waals surface area contributed by atoms with Crippen molar-refractivity contribution in [3.8, 4) is 0 Å². The second-order valence-electron chi connectivity index (χ2n) is 2.53. The summed E-state index contributed by atoms with van der Waals surface area (Å²) in [6.45, 7) is 0. The van der Waals surface area contributed by atoms with E-state index in [1.807, 2.05) is 0 Å². The van der Waals surface area contributed by atoms with Gasteiger partial charge in [-0.2, -0.15) is 0 Å². The SMILES string of the molecule is O=P(O)(O)[SiH]1[SiH2][SiH2][SiH2][SiH2]1. The van der Waals surface area contributed by atoms with E-state index in [4.69, 9.17) is 9.79 Å². The Labute approximate surface area is 63.5 Å². The first-order valence-corrected chi connectivity index (χ1v) is 24.9. The van der Waals surface area contributed by atoms with Crippen LogP contribution in [-0.4, -0.2) is 51.5 Å². The third-order valence-electron chi connectivity index (χ3n) is 1.80. The van der Waals surface area contributed by atoms with E-state index in [1.165, 1.54) is 0 Å². The van der Waals surface area contributed by atoms with Crippen molar-refractivity contribution < 1.29 is 14.4 Å². The van der Waals surface area contributed by atoms with Crippen LogP contribution in [0.1, 0.15) is 0 Å². The first kappa shape index (κ1) is 8.33. The summed E-state index contributed by atoms with van der Waals surface area (Å²) in [7, 11) is -3.95. The van der Waals surface area contributed by atoms with Crippen LogP contribution in [0.5, 0.6) is 0 Å². The summed E-state index contributed by atoms with van der Waals surface area (Å²) in [6.07, 6.45) is 0. The van der Waals surface area contributed by atoms with Crippen LogP contribution in [0.2, 0.25) is 0 Å². The molecule has 0 saturated carbocycles. The van der Waals surface area contributed by atoms with Crippen molar-refractivity contribution in [2.45, 2.75) is 0 Å². The van der Waals surface area contributed by atoms with Gasteiger partial charge in [0.1, 0.15) is 7.50 Å². The third kappa shape index (κ3) is 2.39. The van der Waals surface area contributed by atoms with Crippen LogP contribution < -0.4 is 0 Å². The second kappa shape index (κ2) is 3.09. The Morgan fingerprint density at radius 3 is 1.89 bits per heavy atom. The van der Waals surface area contributed by atoms with Crippen LogP contribution in [0.3, 0.4) is 0 Å². The van der Waals surface area contributed by atoms with E-state index < -0.39 is 14.6 Å². The van der Waals surface area contributed by atoms with E-state index in [-0.39, 0.29) is 17.1 Å². The molecule has 1 aliphatic heterocycles. The average molecular weight is 230 g/mol. The molecule has 2 N–H and O–H groups in total. The zero-order chi connectivity index (χ0) is 6.91. The van der Waals surface area contributed by atoms with Crippen molar-refractivity contribution in [3.63, 3.8) is 0 Å². The molecule has 0 amide bonds. The van der Waals surface area contributed by atoms with Crippen LogP contribution >= 0.6 is 7.14 Å². The molecule has 0 bridgehead atoms. The van der Waals surface area contributed by atoms with E-state index in [1.54, 1.807) is 0 Å². The lowest BCUT2D eigenvalue weighted by Gasteiger charge is -2.07. The fraction of sp³-hybridized carbons (Fsp3) is 0. The second-order valence-corrected chi connectivity index (χ2v) is 56.1. The standard InChI is InChI=1S/H11O3PSi5/c1-4(2,3)9-7-5-6-8-9/h9H,5-8H2,(H2,1,2,3). The summed E-state index contributed by atoms with van der Waals surface area (Å²) in [6, 6.07) is 0. The normalized spacial score (nSPS) is 39.6. The van der Waals surface area contributed by atoms with Crippen molar-refractivity contribution >= 4 is 48.9 Å². The summed E-state index contributed by atoms with van der Waals surface area (Å²) in [5.41, 5.74) is 0. The molecule has 54 valence electrons. The Morgan fingerprint density at radius 2 is 1.67 bits per heavy atom. The van der Waals surface area contributed by atoms with Gasteiger partial charge in [0.05, 0.1) is 0 Å². The van der Waals surface area contributed by atoms with Gasteiger partial charge in [-0.3, -0.25) is 4.57 Å². The van der Waals surface area contributed by atoms with Crippen LogP contribution in [0.25, 0.3) is 0 Å². The molecule has 1 heterocycles. The molecule has 0 unspecified atom stereocenters. The number of rotatable bonds is 1. The van der Waals surface area contributed by atoms with E-state index in [9.17, 15) is 4.57 Å². The van der Waals surface area contributed by atoms with Gasteiger partial charge in [-0.05, 0) is 17.1 Å². The summed E-state index contributed by atoms with van der Waals surface area (Å²) < 4.78 is 10.7. The lowest BCUT2D eigenvalue weighted by molar-refractivity contribution is 0.394. The van der Waals surface area contributed by atoms with Gasteiger partial charge in [-0.1, -0.05) is 0 Å². The molecule has 0 aromatic carbocycles. The predicted octanol–water partition coefficient (Wildman–Crippen LogP) is -4.68. The van der Waals surface area contributed by atoms with Gasteiger partial charge >= 0.3 is 0 Å². The van der Waals surface area contributed by atoms with E-state index >= 15 is 0 Å². The maximum atomic E-state index is 10.7. The van der Waals surface area contributed by atoms with Crippen LogP contribution in [-0.2, 0) is 4.57 Å². The highest BCUT2D eigenvalue weighted by Crippen LogP contribution is 2.37. The molecular formula is H11O3PSi5. The van der Waals surface area contributed by atoms with Crippen LogP contribution in [0.15, 0.2) is 0 Å². The molecule has 1 fully saturated rings. The molecule has 1 rings (SSSR count). The maximum absolute atomic E-state index is 10.7. The van der Waals surface area contributed by atoms with Gasteiger partial charge in [-0.15, -0.1) is 0 Å². The monoisotopic (exact) mass is 230 g/mol. The fourth-order valence-corrected chi connectivity index (χ4v) is 247. The molecule has 9 heteroatoms. The Kier molecular flexibility index (Phi) is 2.86. The first-order valence-electron chi connectivity index (χ1n) is 3.16. The summed E-state index contributed by atoms with van der Waals surface area (Å²) >= 11 is 0. The average Bonchev–Trinajstić information content (AvgIpc) is 2.08. The van der Waals surface area contributed by atoms with Crippen molar-refractivity contribution in [2.75, 3.05) is 0 Å². The van der Waals surface area contributed by atoms with Crippen LogP contribution in [0, 0.1) is 0 Å². The smallest absolute Gasteiger partial charge is 0.281 e. The minimum absolute atomic E-state index is 0.00887. The molecule has 0 radical (unpaired) electrons. The van der Waals surface area contributed by atoms with Crippen molar-refractivity contribution in [2.24, 2.45) is 0 Å².